The Morgan fingerprint density at radius 1 is 1.33 bits per heavy atom. The highest BCUT2D eigenvalue weighted by atomic mass is 35.5. The molecule has 3 heteroatoms. The number of allylic oxidation sites excluding steroid dienone is 1. The van der Waals surface area contributed by atoms with Crippen LogP contribution < -0.4 is 0 Å². The standard InChI is InChI=1S/C12H15ClFN/c1-15(9-5-4-8-13)10-11-6-2-3-7-12(11)14/h2-7H,8-10H2,1H3. The molecule has 0 bridgehead atoms. The maximum Gasteiger partial charge on any atom is 0.127 e. The molecule has 1 aromatic carbocycles. The predicted molar refractivity (Wildman–Crippen MR) is 62.6 cm³/mol. The van der Waals surface area contributed by atoms with Crippen molar-refractivity contribution in [2.24, 2.45) is 0 Å². The molecule has 0 fully saturated rings. The van der Waals surface area contributed by atoms with Gasteiger partial charge in [-0.05, 0) is 13.1 Å². The van der Waals surface area contributed by atoms with Crippen molar-refractivity contribution in [3.05, 3.63) is 47.8 Å². The van der Waals surface area contributed by atoms with Gasteiger partial charge in [0.1, 0.15) is 5.82 Å². The third-order valence-corrected chi connectivity index (χ3v) is 2.25. The van der Waals surface area contributed by atoms with Crippen LogP contribution >= 0.6 is 11.6 Å². The lowest BCUT2D eigenvalue weighted by Gasteiger charge is -2.14. The van der Waals surface area contributed by atoms with E-state index in [1.54, 1.807) is 12.1 Å². The largest absolute Gasteiger partial charge is 0.298 e. The Hall–Kier alpha value is -0.860. The van der Waals surface area contributed by atoms with Crippen molar-refractivity contribution in [3.63, 3.8) is 0 Å². The van der Waals surface area contributed by atoms with Crippen LogP contribution in [-0.2, 0) is 6.54 Å². The lowest BCUT2D eigenvalue weighted by molar-refractivity contribution is 0.356. The Labute approximate surface area is 95.2 Å². The first-order chi connectivity index (χ1) is 7.24. The summed E-state index contributed by atoms with van der Waals surface area (Å²) in [6, 6.07) is 6.84. The SMILES string of the molecule is CN(CC=CCCl)Cc1ccccc1F. The molecule has 0 N–H and O–H groups in total. The number of nitrogens with zero attached hydrogens (tertiary/aromatic N) is 1. The topological polar surface area (TPSA) is 3.24 Å². The summed E-state index contributed by atoms with van der Waals surface area (Å²) in [6.45, 7) is 1.39. The van der Waals surface area contributed by atoms with Gasteiger partial charge in [0.2, 0.25) is 0 Å². The van der Waals surface area contributed by atoms with Gasteiger partial charge in [0.15, 0.2) is 0 Å². The van der Waals surface area contributed by atoms with E-state index in [-0.39, 0.29) is 5.82 Å². The van der Waals surface area contributed by atoms with Gasteiger partial charge in [-0.25, -0.2) is 4.39 Å². The monoisotopic (exact) mass is 227 g/mol. The zero-order valence-corrected chi connectivity index (χ0v) is 9.54. The summed E-state index contributed by atoms with van der Waals surface area (Å²) >= 11 is 5.51. The van der Waals surface area contributed by atoms with Crippen molar-refractivity contribution in [2.45, 2.75) is 6.54 Å². The summed E-state index contributed by atoms with van der Waals surface area (Å²) < 4.78 is 13.3. The molecule has 82 valence electrons. The molecule has 0 heterocycles. The van der Waals surface area contributed by atoms with Gasteiger partial charge in [-0.1, -0.05) is 30.4 Å². The Morgan fingerprint density at radius 3 is 2.73 bits per heavy atom. The normalized spacial score (nSPS) is 11.5. The second kappa shape index (κ2) is 6.59. The fourth-order valence-electron chi connectivity index (χ4n) is 1.30. The van der Waals surface area contributed by atoms with Crippen LogP contribution in [0.25, 0.3) is 0 Å². The number of hydrogen-bond donors (Lipinski definition) is 0. The fraction of sp³-hybridized carbons (Fsp3) is 0.333. The van der Waals surface area contributed by atoms with Gasteiger partial charge in [-0.3, -0.25) is 4.90 Å². The molecule has 1 aromatic rings. The third kappa shape index (κ3) is 4.45. The summed E-state index contributed by atoms with van der Waals surface area (Å²) in [6.07, 6.45) is 3.87. The van der Waals surface area contributed by atoms with Crippen LogP contribution in [0, 0.1) is 5.82 Å². The summed E-state index contributed by atoms with van der Waals surface area (Å²) in [5.41, 5.74) is 0.722. The van der Waals surface area contributed by atoms with E-state index >= 15 is 0 Å². The number of hydrogen-bond acceptors (Lipinski definition) is 1. The molecule has 1 nitrogen and oxygen atoms in total. The summed E-state index contributed by atoms with van der Waals surface area (Å²) in [5.74, 6) is 0.374. The van der Waals surface area contributed by atoms with Crippen molar-refractivity contribution in [1.82, 2.24) is 4.90 Å². The first-order valence-electron chi connectivity index (χ1n) is 4.87. The van der Waals surface area contributed by atoms with Crippen molar-refractivity contribution >= 4 is 11.6 Å². The van der Waals surface area contributed by atoms with Crippen molar-refractivity contribution < 1.29 is 4.39 Å². The molecule has 0 amide bonds. The van der Waals surface area contributed by atoms with Gasteiger partial charge in [-0.15, -0.1) is 11.6 Å². The number of halogens is 2. The average Bonchev–Trinajstić information content (AvgIpc) is 2.22. The summed E-state index contributed by atoms with van der Waals surface area (Å²) in [4.78, 5) is 2.03. The highest BCUT2D eigenvalue weighted by Crippen LogP contribution is 2.08. The molecule has 1 rings (SSSR count). The molecule has 0 aliphatic heterocycles. The molecule has 0 aliphatic carbocycles. The third-order valence-electron chi connectivity index (χ3n) is 2.07. The van der Waals surface area contributed by atoms with Crippen LogP contribution in [0.3, 0.4) is 0 Å². The van der Waals surface area contributed by atoms with Crippen LogP contribution in [0.2, 0.25) is 0 Å². The molecule has 0 aliphatic rings. The van der Waals surface area contributed by atoms with E-state index in [0.29, 0.717) is 12.4 Å². The Morgan fingerprint density at radius 2 is 2.07 bits per heavy atom. The highest BCUT2D eigenvalue weighted by molar-refractivity contribution is 6.18. The first kappa shape index (κ1) is 12.2. The number of benzene rings is 1. The molecule has 0 unspecified atom stereocenters. The van der Waals surface area contributed by atoms with Crippen LogP contribution in [0.5, 0.6) is 0 Å². The van der Waals surface area contributed by atoms with Crippen LogP contribution in [0.15, 0.2) is 36.4 Å². The Bertz CT molecular complexity index is 325. The van der Waals surface area contributed by atoms with Gasteiger partial charge < -0.3 is 0 Å². The minimum Gasteiger partial charge on any atom is -0.298 e. The van der Waals surface area contributed by atoms with Gasteiger partial charge >= 0.3 is 0 Å². The Kier molecular flexibility index (Phi) is 5.37. The predicted octanol–water partition coefficient (Wildman–Crippen LogP) is 3.05. The Balaban J connectivity index is 2.47. The highest BCUT2D eigenvalue weighted by Gasteiger charge is 2.02. The van der Waals surface area contributed by atoms with E-state index < -0.39 is 0 Å². The van der Waals surface area contributed by atoms with Gasteiger partial charge in [0, 0.05) is 24.5 Å². The first-order valence-corrected chi connectivity index (χ1v) is 5.40. The molecule has 0 atom stereocenters. The van der Waals surface area contributed by atoms with Gasteiger partial charge in [0.25, 0.3) is 0 Å². The molecule has 15 heavy (non-hydrogen) atoms. The molecular weight excluding hydrogens is 213 g/mol. The molecule has 0 radical (unpaired) electrons. The zero-order chi connectivity index (χ0) is 11.1. The van der Waals surface area contributed by atoms with Crippen LogP contribution in [0.4, 0.5) is 4.39 Å². The molecule has 0 aromatic heterocycles. The van der Waals surface area contributed by atoms with E-state index in [1.165, 1.54) is 6.07 Å². The van der Waals surface area contributed by atoms with E-state index in [4.69, 9.17) is 11.6 Å². The maximum absolute atomic E-state index is 13.3. The van der Waals surface area contributed by atoms with E-state index in [0.717, 1.165) is 12.1 Å². The molecular formula is C12H15ClFN. The van der Waals surface area contributed by atoms with E-state index in [2.05, 4.69) is 0 Å². The lowest BCUT2D eigenvalue weighted by Crippen LogP contribution is -2.18. The maximum atomic E-state index is 13.3. The summed E-state index contributed by atoms with van der Waals surface area (Å²) in [5, 5.41) is 0. The smallest absolute Gasteiger partial charge is 0.127 e. The molecule has 0 saturated heterocycles. The lowest BCUT2D eigenvalue weighted by atomic mass is 10.2. The molecule has 0 spiro atoms. The average molecular weight is 228 g/mol. The quantitative estimate of drug-likeness (QED) is 0.552. The van der Waals surface area contributed by atoms with Crippen molar-refractivity contribution in [1.29, 1.82) is 0 Å². The second-order valence-electron chi connectivity index (χ2n) is 3.41. The van der Waals surface area contributed by atoms with Gasteiger partial charge in [0.05, 0.1) is 0 Å². The minimum atomic E-state index is -0.148. The molecule has 0 saturated carbocycles. The van der Waals surface area contributed by atoms with Crippen LogP contribution in [-0.4, -0.2) is 24.4 Å². The van der Waals surface area contributed by atoms with Crippen molar-refractivity contribution in [2.75, 3.05) is 19.5 Å². The minimum absolute atomic E-state index is 0.148. The van der Waals surface area contributed by atoms with Crippen molar-refractivity contribution in [3.8, 4) is 0 Å². The second-order valence-corrected chi connectivity index (χ2v) is 3.72. The van der Waals surface area contributed by atoms with E-state index in [1.807, 2.05) is 30.2 Å². The summed E-state index contributed by atoms with van der Waals surface area (Å²) in [7, 11) is 1.95. The number of alkyl halides is 1. The number of rotatable bonds is 5. The van der Waals surface area contributed by atoms with Crippen LogP contribution in [0.1, 0.15) is 5.56 Å². The van der Waals surface area contributed by atoms with E-state index in [9.17, 15) is 4.39 Å². The zero-order valence-electron chi connectivity index (χ0n) is 8.79. The number of likely N-dealkylation sites (N-methyl/N-ethyl adjacent to an activating group) is 1. The fourth-order valence-corrected chi connectivity index (χ4v) is 1.43. The van der Waals surface area contributed by atoms with Gasteiger partial charge in [-0.2, -0.15) is 0 Å².